The van der Waals surface area contributed by atoms with Gasteiger partial charge in [0.15, 0.2) is 11.5 Å². The first kappa shape index (κ1) is 17.7. The van der Waals surface area contributed by atoms with Crippen LogP contribution < -0.4 is 14.8 Å². The number of methoxy groups -OCH3 is 1. The van der Waals surface area contributed by atoms with Crippen molar-refractivity contribution in [3.05, 3.63) is 53.9 Å². The maximum Gasteiger partial charge on any atom is 0.161 e. The highest BCUT2D eigenvalue weighted by Gasteiger charge is 2.22. The SMILES string of the molecule is COc1cc(CN2CC(C)NCC2C)ccc1OCc1ccncc1. The van der Waals surface area contributed by atoms with Crippen LogP contribution >= 0.6 is 0 Å². The molecule has 5 nitrogen and oxygen atoms in total. The van der Waals surface area contributed by atoms with Gasteiger partial charge in [-0.1, -0.05) is 6.07 Å². The lowest BCUT2D eigenvalue weighted by Crippen LogP contribution is -2.53. The number of nitrogens with zero attached hydrogens (tertiary/aromatic N) is 2. The number of hydrogen-bond acceptors (Lipinski definition) is 5. The van der Waals surface area contributed by atoms with E-state index in [9.17, 15) is 0 Å². The van der Waals surface area contributed by atoms with Crippen LogP contribution in [0, 0.1) is 0 Å². The van der Waals surface area contributed by atoms with Gasteiger partial charge in [-0.3, -0.25) is 9.88 Å². The number of rotatable bonds is 6. The van der Waals surface area contributed by atoms with Crippen molar-refractivity contribution in [2.24, 2.45) is 0 Å². The minimum absolute atomic E-state index is 0.505. The monoisotopic (exact) mass is 341 g/mol. The molecule has 1 aromatic carbocycles. The Hall–Kier alpha value is -2.11. The number of nitrogens with one attached hydrogen (secondary N) is 1. The average molecular weight is 341 g/mol. The fourth-order valence-corrected chi connectivity index (χ4v) is 3.12. The van der Waals surface area contributed by atoms with Gasteiger partial charge in [0, 0.05) is 44.1 Å². The highest BCUT2D eigenvalue weighted by molar-refractivity contribution is 5.43. The van der Waals surface area contributed by atoms with E-state index < -0.39 is 0 Å². The van der Waals surface area contributed by atoms with Crippen LogP contribution in [0.4, 0.5) is 0 Å². The van der Waals surface area contributed by atoms with Gasteiger partial charge in [0.1, 0.15) is 6.61 Å². The molecule has 2 atom stereocenters. The third-order valence-corrected chi connectivity index (χ3v) is 4.65. The minimum atomic E-state index is 0.505. The number of aromatic nitrogens is 1. The van der Waals surface area contributed by atoms with Crippen molar-refractivity contribution in [1.29, 1.82) is 0 Å². The van der Waals surface area contributed by atoms with Crippen LogP contribution in [0.1, 0.15) is 25.0 Å². The Morgan fingerprint density at radius 1 is 1.12 bits per heavy atom. The van der Waals surface area contributed by atoms with E-state index in [0.717, 1.165) is 36.7 Å². The largest absolute Gasteiger partial charge is 0.493 e. The Bertz CT molecular complexity index is 678. The molecule has 1 aliphatic rings. The second-order valence-electron chi connectivity index (χ2n) is 6.72. The van der Waals surface area contributed by atoms with E-state index in [4.69, 9.17) is 9.47 Å². The maximum atomic E-state index is 5.92. The Labute approximate surface area is 150 Å². The van der Waals surface area contributed by atoms with Crippen LogP contribution in [-0.4, -0.2) is 42.2 Å². The molecule has 0 aliphatic carbocycles. The van der Waals surface area contributed by atoms with Gasteiger partial charge in [0.25, 0.3) is 0 Å². The molecule has 2 heterocycles. The van der Waals surface area contributed by atoms with Crippen molar-refractivity contribution < 1.29 is 9.47 Å². The Morgan fingerprint density at radius 3 is 2.68 bits per heavy atom. The van der Waals surface area contributed by atoms with Gasteiger partial charge in [-0.25, -0.2) is 0 Å². The van der Waals surface area contributed by atoms with E-state index in [1.54, 1.807) is 19.5 Å². The molecule has 0 amide bonds. The molecule has 0 bridgehead atoms. The summed E-state index contributed by atoms with van der Waals surface area (Å²) in [7, 11) is 1.69. The topological polar surface area (TPSA) is 46.6 Å². The summed E-state index contributed by atoms with van der Waals surface area (Å²) in [6.45, 7) is 8.02. The third kappa shape index (κ3) is 4.71. The van der Waals surface area contributed by atoms with Crippen molar-refractivity contribution in [2.75, 3.05) is 20.2 Å². The van der Waals surface area contributed by atoms with E-state index >= 15 is 0 Å². The van der Waals surface area contributed by atoms with Crippen LogP contribution in [0.15, 0.2) is 42.7 Å². The van der Waals surface area contributed by atoms with Crippen molar-refractivity contribution in [1.82, 2.24) is 15.2 Å². The molecule has 1 saturated heterocycles. The Kier molecular flexibility index (Phi) is 5.89. The molecule has 5 heteroatoms. The second-order valence-corrected chi connectivity index (χ2v) is 6.72. The molecule has 2 unspecified atom stereocenters. The van der Waals surface area contributed by atoms with Gasteiger partial charge < -0.3 is 14.8 Å². The first-order valence-corrected chi connectivity index (χ1v) is 8.81. The standard InChI is InChI=1S/C20H27N3O2/c1-15-12-23(16(2)11-22-15)13-18-4-5-19(20(10-18)24-3)25-14-17-6-8-21-9-7-17/h4-10,15-16,22H,11-14H2,1-3H3. The summed E-state index contributed by atoms with van der Waals surface area (Å²) in [6.07, 6.45) is 3.54. The predicted octanol–water partition coefficient (Wildman–Crippen LogP) is 2.85. The molecule has 3 rings (SSSR count). The Balaban J connectivity index is 1.66. The average Bonchev–Trinajstić information content (AvgIpc) is 2.64. The zero-order valence-electron chi connectivity index (χ0n) is 15.2. The van der Waals surface area contributed by atoms with E-state index in [1.807, 2.05) is 18.2 Å². The van der Waals surface area contributed by atoms with Crippen LogP contribution in [0.25, 0.3) is 0 Å². The molecule has 2 aromatic rings. The van der Waals surface area contributed by atoms with Gasteiger partial charge in [0.2, 0.25) is 0 Å². The van der Waals surface area contributed by atoms with Gasteiger partial charge in [-0.05, 0) is 49.2 Å². The number of pyridine rings is 1. The molecule has 134 valence electrons. The lowest BCUT2D eigenvalue weighted by molar-refractivity contribution is 0.138. The molecule has 0 saturated carbocycles. The van der Waals surface area contributed by atoms with Gasteiger partial charge in [-0.15, -0.1) is 0 Å². The van der Waals surface area contributed by atoms with Gasteiger partial charge in [0.05, 0.1) is 7.11 Å². The van der Waals surface area contributed by atoms with Crippen molar-refractivity contribution in [3.8, 4) is 11.5 Å². The first-order valence-electron chi connectivity index (χ1n) is 8.81. The number of hydrogen-bond donors (Lipinski definition) is 1. The lowest BCUT2D eigenvalue weighted by Gasteiger charge is -2.37. The molecule has 1 fully saturated rings. The minimum Gasteiger partial charge on any atom is -0.493 e. The van der Waals surface area contributed by atoms with Crippen LogP contribution in [0.2, 0.25) is 0 Å². The number of benzene rings is 1. The molecule has 25 heavy (non-hydrogen) atoms. The van der Waals surface area contributed by atoms with Gasteiger partial charge >= 0.3 is 0 Å². The molecule has 1 N–H and O–H groups in total. The van der Waals surface area contributed by atoms with Crippen LogP contribution in [0.3, 0.4) is 0 Å². The van der Waals surface area contributed by atoms with Crippen LogP contribution in [-0.2, 0) is 13.2 Å². The zero-order chi connectivity index (χ0) is 17.6. The lowest BCUT2D eigenvalue weighted by atomic mass is 10.1. The number of ether oxygens (including phenoxy) is 2. The third-order valence-electron chi connectivity index (χ3n) is 4.65. The maximum absolute atomic E-state index is 5.92. The second kappa shape index (κ2) is 8.32. The van der Waals surface area contributed by atoms with Gasteiger partial charge in [-0.2, -0.15) is 0 Å². The normalized spacial score (nSPS) is 21.1. The Morgan fingerprint density at radius 2 is 1.92 bits per heavy atom. The fraction of sp³-hybridized carbons (Fsp3) is 0.450. The summed E-state index contributed by atoms with van der Waals surface area (Å²) in [5.74, 6) is 1.55. The molecule has 0 radical (unpaired) electrons. The van der Waals surface area contributed by atoms with E-state index in [1.165, 1.54) is 5.56 Å². The van der Waals surface area contributed by atoms with Crippen molar-refractivity contribution >= 4 is 0 Å². The first-order chi connectivity index (χ1) is 12.2. The number of piperazine rings is 1. The summed E-state index contributed by atoms with van der Waals surface area (Å²) < 4.78 is 11.5. The quantitative estimate of drug-likeness (QED) is 0.875. The van der Waals surface area contributed by atoms with E-state index in [0.29, 0.717) is 18.7 Å². The van der Waals surface area contributed by atoms with E-state index in [2.05, 4.69) is 41.2 Å². The van der Waals surface area contributed by atoms with E-state index in [-0.39, 0.29) is 0 Å². The smallest absolute Gasteiger partial charge is 0.161 e. The molecule has 0 spiro atoms. The fourth-order valence-electron chi connectivity index (χ4n) is 3.12. The summed E-state index contributed by atoms with van der Waals surface area (Å²) in [5, 5.41) is 3.52. The van der Waals surface area contributed by atoms with Crippen LogP contribution in [0.5, 0.6) is 11.5 Å². The summed E-state index contributed by atoms with van der Waals surface area (Å²) in [4.78, 5) is 6.53. The van der Waals surface area contributed by atoms with Crippen molar-refractivity contribution in [2.45, 2.75) is 39.1 Å². The highest BCUT2D eigenvalue weighted by atomic mass is 16.5. The molecular weight excluding hydrogens is 314 g/mol. The summed E-state index contributed by atoms with van der Waals surface area (Å²) >= 11 is 0. The highest BCUT2D eigenvalue weighted by Crippen LogP contribution is 2.29. The summed E-state index contributed by atoms with van der Waals surface area (Å²) in [6, 6.07) is 11.2. The molecule has 1 aromatic heterocycles. The van der Waals surface area contributed by atoms with Crippen molar-refractivity contribution in [3.63, 3.8) is 0 Å². The summed E-state index contributed by atoms with van der Waals surface area (Å²) in [5.41, 5.74) is 2.33. The zero-order valence-corrected chi connectivity index (χ0v) is 15.2. The molecule has 1 aliphatic heterocycles. The predicted molar refractivity (Wildman–Crippen MR) is 98.9 cm³/mol. The molecular formula is C20H27N3O2.